The predicted molar refractivity (Wildman–Crippen MR) is 88.9 cm³/mol. The highest BCUT2D eigenvalue weighted by molar-refractivity contribution is 5.95. The third kappa shape index (κ3) is 3.87. The fourth-order valence-electron chi connectivity index (χ4n) is 3.42. The van der Waals surface area contributed by atoms with Gasteiger partial charge in [0.25, 0.3) is 0 Å². The van der Waals surface area contributed by atoms with Crippen LogP contribution in [0.1, 0.15) is 49.3 Å². The average molecular weight is 302 g/mol. The van der Waals surface area contributed by atoms with E-state index in [4.69, 9.17) is 0 Å². The van der Waals surface area contributed by atoms with Crippen LogP contribution in [-0.2, 0) is 9.59 Å². The summed E-state index contributed by atoms with van der Waals surface area (Å²) < 4.78 is 0. The van der Waals surface area contributed by atoms with Crippen LogP contribution in [0.4, 0.5) is 5.69 Å². The predicted octanol–water partition coefficient (Wildman–Crippen LogP) is 3.34. The molecule has 4 nitrogen and oxygen atoms in total. The van der Waals surface area contributed by atoms with Crippen LogP contribution in [0.5, 0.6) is 0 Å². The first-order valence-corrected chi connectivity index (χ1v) is 8.03. The molecule has 0 heterocycles. The number of anilines is 1. The van der Waals surface area contributed by atoms with Crippen molar-refractivity contribution in [2.75, 3.05) is 11.9 Å². The van der Waals surface area contributed by atoms with Crippen molar-refractivity contribution in [1.82, 2.24) is 4.90 Å². The molecule has 0 saturated heterocycles. The molecule has 1 fully saturated rings. The van der Waals surface area contributed by atoms with Crippen LogP contribution in [0.2, 0.25) is 0 Å². The highest BCUT2D eigenvalue weighted by atomic mass is 16.2. The molecule has 2 amide bonds. The van der Waals surface area contributed by atoms with Gasteiger partial charge in [0.1, 0.15) is 6.54 Å². The molecule has 0 unspecified atom stereocenters. The van der Waals surface area contributed by atoms with Crippen molar-refractivity contribution in [2.24, 2.45) is 0 Å². The molecule has 0 aliphatic heterocycles. The molecule has 1 aromatic carbocycles. The smallest absolute Gasteiger partial charge is 0.244 e. The second-order valence-electron chi connectivity index (χ2n) is 6.41. The van der Waals surface area contributed by atoms with Crippen molar-refractivity contribution in [1.29, 1.82) is 0 Å². The molecule has 0 atom stereocenters. The lowest BCUT2D eigenvalue weighted by molar-refractivity contribution is -0.135. The van der Waals surface area contributed by atoms with Crippen LogP contribution in [0.25, 0.3) is 0 Å². The zero-order chi connectivity index (χ0) is 16.3. The third-order valence-electron chi connectivity index (χ3n) is 4.43. The van der Waals surface area contributed by atoms with Crippen LogP contribution in [0.3, 0.4) is 0 Å². The molecule has 0 bridgehead atoms. The second-order valence-corrected chi connectivity index (χ2v) is 6.41. The maximum atomic E-state index is 12.4. The minimum Gasteiger partial charge on any atom is -0.331 e. The molecule has 0 spiro atoms. The van der Waals surface area contributed by atoms with E-state index < -0.39 is 0 Å². The van der Waals surface area contributed by atoms with Crippen molar-refractivity contribution >= 4 is 17.5 Å². The minimum absolute atomic E-state index is 0.0144. The van der Waals surface area contributed by atoms with E-state index >= 15 is 0 Å². The Labute approximate surface area is 132 Å². The molecule has 1 aliphatic carbocycles. The summed E-state index contributed by atoms with van der Waals surface area (Å²) in [4.78, 5) is 25.9. The summed E-state index contributed by atoms with van der Waals surface area (Å²) >= 11 is 0. The first-order valence-electron chi connectivity index (χ1n) is 8.03. The molecular weight excluding hydrogens is 276 g/mol. The summed E-state index contributed by atoms with van der Waals surface area (Å²) in [5, 5.41) is 2.98. The molecule has 2 rings (SSSR count). The van der Waals surface area contributed by atoms with Crippen molar-refractivity contribution in [3.05, 3.63) is 28.8 Å². The maximum absolute atomic E-state index is 12.4. The summed E-state index contributed by atoms with van der Waals surface area (Å²) in [7, 11) is 0. The quantitative estimate of drug-likeness (QED) is 0.927. The molecule has 1 saturated carbocycles. The van der Waals surface area contributed by atoms with Gasteiger partial charge in [-0.25, -0.2) is 0 Å². The monoisotopic (exact) mass is 302 g/mol. The Balaban J connectivity index is 2.07. The lowest BCUT2D eigenvalue weighted by Crippen LogP contribution is -2.42. The van der Waals surface area contributed by atoms with Crippen molar-refractivity contribution in [3.8, 4) is 0 Å². The number of benzene rings is 1. The van der Waals surface area contributed by atoms with E-state index in [-0.39, 0.29) is 24.4 Å². The van der Waals surface area contributed by atoms with Gasteiger partial charge in [0.05, 0.1) is 0 Å². The SMILES string of the molecule is CC(=O)N(CC(=O)Nc1c(C)cc(C)cc1C)C1CCCC1. The minimum atomic E-state index is -0.114. The topological polar surface area (TPSA) is 49.4 Å². The summed E-state index contributed by atoms with van der Waals surface area (Å²) in [6.07, 6.45) is 4.31. The molecule has 120 valence electrons. The Bertz CT molecular complexity index is 551. The number of carbonyl (C=O) groups is 2. The Morgan fingerprint density at radius 1 is 1.14 bits per heavy atom. The standard InChI is InChI=1S/C18H26N2O2/c1-12-9-13(2)18(14(3)10-12)19-17(22)11-20(15(4)21)16-7-5-6-8-16/h9-10,16H,5-8,11H2,1-4H3,(H,19,22). The van der Waals surface area contributed by atoms with E-state index in [1.165, 1.54) is 5.56 Å². The lowest BCUT2D eigenvalue weighted by Gasteiger charge is -2.27. The van der Waals surface area contributed by atoms with Crippen LogP contribution < -0.4 is 5.32 Å². The van der Waals surface area contributed by atoms with E-state index in [2.05, 4.69) is 17.4 Å². The Morgan fingerprint density at radius 2 is 1.68 bits per heavy atom. The lowest BCUT2D eigenvalue weighted by atomic mass is 10.1. The van der Waals surface area contributed by atoms with Gasteiger partial charge >= 0.3 is 0 Å². The van der Waals surface area contributed by atoms with Gasteiger partial charge in [0, 0.05) is 18.7 Å². The fraction of sp³-hybridized carbons (Fsp3) is 0.556. The highest BCUT2D eigenvalue weighted by Crippen LogP contribution is 2.24. The molecule has 1 aliphatic rings. The van der Waals surface area contributed by atoms with Gasteiger partial charge in [-0.1, -0.05) is 30.5 Å². The first-order chi connectivity index (χ1) is 10.4. The fourth-order valence-corrected chi connectivity index (χ4v) is 3.42. The van der Waals surface area contributed by atoms with Gasteiger partial charge in [-0.05, 0) is 44.7 Å². The van der Waals surface area contributed by atoms with Gasteiger partial charge in [0.2, 0.25) is 11.8 Å². The summed E-state index contributed by atoms with van der Waals surface area (Å²) in [5.41, 5.74) is 4.16. The van der Waals surface area contributed by atoms with Gasteiger partial charge < -0.3 is 10.2 Å². The van der Waals surface area contributed by atoms with E-state index in [0.29, 0.717) is 0 Å². The van der Waals surface area contributed by atoms with Crippen LogP contribution in [0.15, 0.2) is 12.1 Å². The van der Waals surface area contributed by atoms with E-state index in [1.807, 2.05) is 20.8 Å². The van der Waals surface area contributed by atoms with Crippen molar-refractivity contribution < 1.29 is 9.59 Å². The Morgan fingerprint density at radius 3 is 2.18 bits per heavy atom. The number of hydrogen-bond acceptors (Lipinski definition) is 2. The number of carbonyl (C=O) groups excluding carboxylic acids is 2. The Hall–Kier alpha value is -1.84. The Kier molecular flexibility index (Phi) is 5.22. The molecule has 1 aromatic rings. The normalized spacial score (nSPS) is 14.9. The van der Waals surface area contributed by atoms with Crippen molar-refractivity contribution in [3.63, 3.8) is 0 Å². The van der Waals surface area contributed by atoms with Gasteiger partial charge in [0.15, 0.2) is 0 Å². The van der Waals surface area contributed by atoms with E-state index in [0.717, 1.165) is 42.5 Å². The summed E-state index contributed by atoms with van der Waals surface area (Å²) in [6.45, 7) is 7.73. The first kappa shape index (κ1) is 16.5. The number of hydrogen-bond donors (Lipinski definition) is 1. The molecular formula is C18H26N2O2. The molecule has 22 heavy (non-hydrogen) atoms. The molecule has 0 aromatic heterocycles. The highest BCUT2D eigenvalue weighted by Gasteiger charge is 2.26. The average Bonchev–Trinajstić information content (AvgIpc) is 2.93. The summed E-state index contributed by atoms with van der Waals surface area (Å²) in [5.74, 6) is -0.128. The van der Waals surface area contributed by atoms with E-state index in [9.17, 15) is 9.59 Å². The number of nitrogens with one attached hydrogen (secondary N) is 1. The largest absolute Gasteiger partial charge is 0.331 e. The van der Waals surface area contributed by atoms with Crippen LogP contribution >= 0.6 is 0 Å². The summed E-state index contributed by atoms with van der Waals surface area (Å²) in [6, 6.07) is 4.34. The maximum Gasteiger partial charge on any atom is 0.244 e. The van der Waals surface area contributed by atoms with Gasteiger partial charge in [-0.2, -0.15) is 0 Å². The molecule has 0 radical (unpaired) electrons. The zero-order valence-electron chi connectivity index (χ0n) is 14.0. The van der Waals surface area contributed by atoms with Gasteiger partial charge in [-0.3, -0.25) is 9.59 Å². The van der Waals surface area contributed by atoms with Crippen LogP contribution in [0, 0.1) is 20.8 Å². The molecule has 1 N–H and O–H groups in total. The third-order valence-corrected chi connectivity index (χ3v) is 4.43. The van der Waals surface area contributed by atoms with E-state index in [1.54, 1.807) is 11.8 Å². The van der Waals surface area contributed by atoms with Gasteiger partial charge in [-0.15, -0.1) is 0 Å². The number of rotatable bonds is 4. The number of nitrogens with zero attached hydrogens (tertiary/aromatic N) is 1. The van der Waals surface area contributed by atoms with Crippen molar-refractivity contribution in [2.45, 2.75) is 59.4 Å². The van der Waals surface area contributed by atoms with Crippen LogP contribution in [-0.4, -0.2) is 29.3 Å². The zero-order valence-corrected chi connectivity index (χ0v) is 14.0. The number of amides is 2. The second kappa shape index (κ2) is 6.95. The molecule has 4 heteroatoms. The number of aryl methyl sites for hydroxylation is 3.